The number of amides is 1. The van der Waals surface area contributed by atoms with Gasteiger partial charge in [0.25, 0.3) is 5.91 Å². The van der Waals surface area contributed by atoms with Crippen LogP contribution in [0.25, 0.3) is 11.3 Å². The molecule has 2 N–H and O–H groups in total. The van der Waals surface area contributed by atoms with Gasteiger partial charge in [0.05, 0.1) is 12.1 Å². The maximum atomic E-state index is 12.3. The molecule has 0 fully saturated rings. The van der Waals surface area contributed by atoms with E-state index in [4.69, 9.17) is 25.9 Å². The summed E-state index contributed by atoms with van der Waals surface area (Å²) in [5.74, 6) is 1.41. The summed E-state index contributed by atoms with van der Waals surface area (Å²) < 4.78 is 10.6. The largest absolute Gasteiger partial charge is 0.495 e. The number of methoxy groups -OCH3 is 1. The Morgan fingerprint density at radius 1 is 1.16 bits per heavy atom. The van der Waals surface area contributed by atoms with Gasteiger partial charge in [-0.25, -0.2) is 0 Å². The maximum Gasteiger partial charge on any atom is 0.255 e. The first-order chi connectivity index (χ1) is 12.1. The lowest BCUT2D eigenvalue weighted by molar-refractivity contribution is 0.102. The Kier molecular flexibility index (Phi) is 5.07. The van der Waals surface area contributed by atoms with E-state index in [9.17, 15) is 4.79 Å². The van der Waals surface area contributed by atoms with Gasteiger partial charge in [-0.1, -0.05) is 11.6 Å². The molecular weight excluding hydrogens is 342 g/mol. The van der Waals surface area contributed by atoms with Crippen LogP contribution in [0.4, 0.5) is 5.69 Å². The Labute approximate surface area is 149 Å². The van der Waals surface area contributed by atoms with Gasteiger partial charge < -0.3 is 19.6 Å². The average molecular weight is 358 g/mol. The quantitative estimate of drug-likeness (QED) is 0.712. The molecule has 0 saturated carbocycles. The molecule has 3 rings (SSSR count). The van der Waals surface area contributed by atoms with Gasteiger partial charge in [0.1, 0.15) is 23.9 Å². The summed E-state index contributed by atoms with van der Waals surface area (Å²) in [5, 5.41) is 12.2. The number of ether oxygens (including phenoxy) is 1. The van der Waals surface area contributed by atoms with Crippen LogP contribution in [0.5, 0.6) is 5.75 Å². The molecule has 3 aromatic rings. The minimum Gasteiger partial charge on any atom is -0.495 e. The van der Waals surface area contributed by atoms with Gasteiger partial charge in [0.2, 0.25) is 0 Å². The Balaban J connectivity index is 1.72. The van der Waals surface area contributed by atoms with Crippen molar-refractivity contribution in [3.05, 3.63) is 70.9 Å². The van der Waals surface area contributed by atoms with Gasteiger partial charge in [-0.3, -0.25) is 4.79 Å². The summed E-state index contributed by atoms with van der Waals surface area (Å²) in [6.45, 7) is -0.140. The molecule has 0 spiro atoms. The minimum absolute atomic E-state index is 0.140. The van der Waals surface area contributed by atoms with Crippen molar-refractivity contribution >= 4 is 23.2 Å². The lowest BCUT2D eigenvalue weighted by atomic mass is 10.1. The third-order valence-corrected chi connectivity index (χ3v) is 3.95. The van der Waals surface area contributed by atoms with Gasteiger partial charge in [0, 0.05) is 16.8 Å². The van der Waals surface area contributed by atoms with Crippen LogP contribution in [-0.4, -0.2) is 18.1 Å². The summed E-state index contributed by atoms with van der Waals surface area (Å²) in [7, 11) is 1.52. The fraction of sp³-hybridized carbons (Fsp3) is 0.105. The Bertz CT molecular complexity index is 887. The van der Waals surface area contributed by atoms with Crippen molar-refractivity contribution in [3.8, 4) is 17.1 Å². The Morgan fingerprint density at radius 2 is 1.92 bits per heavy atom. The summed E-state index contributed by atoms with van der Waals surface area (Å²) in [4.78, 5) is 12.3. The van der Waals surface area contributed by atoms with Crippen LogP contribution in [0.3, 0.4) is 0 Å². The van der Waals surface area contributed by atoms with E-state index in [1.165, 1.54) is 7.11 Å². The van der Waals surface area contributed by atoms with Gasteiger partial charge in [0.15, 0.2) is 0 Å². The lowest BCUT2D eigenvalue weighted by Gasteiger charge is -2.08. The smallest absolute Gasteiger partial charge is 0.255 e. The van der Waals surface area contributed by atoms with Gasteiger partial charge in [-0.2, -0.15) is 0 Å². The van der Waals surface area contributed by atoms with E-state index in [0.717, 1.165) is 5.56 Å². The van der Waals surface area contributed by atoms with Crippen molar-refractivity contribution in [2.24, 2.45) is 0 Å². The molecule has 1 aromatic heterocycles. The number of hydrogen-bond donors (Lipinski definition) is 2. The Hall–Kier alpha value is -2.76. The van der Waals surface area contributed by atoms with E-state index in [1.807, 2.05) is 12.1 Å². The summed E-state index contributed by atoms with van der Waals surface area (Å²) in [6.07, 6.45) is 0. The molecule has 5 nitrogen and oxygen atoms in total. The molecular formula is C19H16ClNO4. The maximum absolute atomic E-state index is 12.3. The number of anilines is 1. The van der Waals surface area contributed by atoms with Crippen LogP contribution in [0.2, 0.25) is 5.02 Å². The molecule has 2 aromatic carbocycles. The average Bonchev–Trinajstić information content (AvgIpc) is 3.11. The number of benzene rings is 2. The standard InChI is InChI=1S/C19H16ClNO4/c1-24-18-8-4-13(10-16(18)20)19(23)21-14-5-2-12(3-6-14)17-9-7-15(11-22)25-17/h2-10,22H,11H2,1H3,(H,21,23). The molecule has 128 valence electrons. The van der Waals surface area contributed by atoms with Crippen LogP contribution in [0, 0.1) is 0 Å². The van der Waals surface area contributed by atoms with E-state index >= 15 is 0 Å². The van der Waals surface area contributed by atoms with Crippen molar-refractivity contribution in [3.63, 3.8) is 0 Å². The molecule has 0 saturated heterocycles. The second-order valence-electron chi connectivity index (χ2n) is 5.30. The zero-order chi connectivity index (χ0) is 17.8. The number of nitrogens with one attached hydrogen (secondary N) is 1. The summed E-state index contributed by atoms with van der Waals surface area (Å²) >= 11 is 6.05. The van der Waals surface area contributed by atoms with Gasteiger partial charge >= 0.3 is 0 Å². The van der Waals surface area contributed by atoms with E-state index in [-0.39, 0.29) is 12.5 Å². The Morgan fingerprint density at radius 3 is 2.52 bits per heavy atom. The van der Waals surface area contributed by atoms with Crippen molar-refractivity contribution in [2.45, 2.75) is 6.61 Å². The minimum atomic E-state index is -0.266. The van der Waals surface area contributed by atoms with E-state index in [0.29, 0.717) is 33.5 Å². The van der Waals surface area contributed by atoms with Crippen molar-refractivity contribution in [1.29, 1.82) is 0 Å². The third kappa shape index (κ3) is 3.84. The van der Waals surface area contributed by atoms with E-state index < -0.39 is 0 Å². The zero-order valence-corrected chi connectivity index (χ0v) is 14.2. The second kappa shape index (κ2) is 7.42. The number of aliphatic hydroxyl groups is 1. The predicted octanol–water partition coefficient (Wildman–Crippen LogP) is 4.35. The van der Waals surface area contributed by atoms with Gasteiger partial charge in [-0.05, 0) is 54.6 Å². The molecule has 0 aliphatic rings. The fourth-order valence-electron chi connectivity index (χ4n) is 2.35. The number of furan rings is 1. The van der Waals surface area contributed by atoms with Crippen LogP contribution in [-0.2, 0) is 6.61 Å². The molecule has 25 heavy (non-hydrogen) atoms. The van der Waals surface area contributed by atoms with Crippen molar-refractivity contribution < 1.29 is 19.1 Å². The highest BCUT2D eigenvalue weighted by molar-refractivity contribution is 6.32. The highest BCUT2D eigenvalue weighted by Crippen LogP contribution is 2.26. The first-order valence-corrected chi connectivity index (χ1v) is 7.93. The summed E-state index contributed by atoms with van der Waals surface area (Å²) in [6, 6.07) is 15.6. The van der Waals surface area contributed by atoms with Crippen LogP contribution >= 0.6 is 11.6 Å². The molecule has 1 amide bonds. The highest BCUT2D eigenvalue weighted by atomic mass is 35.5. The summed E-state index contributed by atoms with van der Waals surface area (Å²) in [5.41, 5.74) is 1.94. The number of rotatable bonds is 5. The molecule has 0 unspecified atom stereocenters. The molecule has 0 atom stereocenters. The van der Waals surface area contributed by atoms with Crippen LogP contribution in [0.1, 0.15) is 16.1 Å². The lowest BCUT2D eigenvalue weighted by Crippen LogP contribution is -2.11. The van der Waals surface area contributed by atoms with Crippen LogP contribution < -0.4 is 10.1 Å². The second-order valence-corrected chi connectivity index (χ2v) is 5.71. The first kappa shape index (κ1) is 17.1. The highest BCUT2D eigenvalue weighted by Gasteiger charge is 2.10. The number of aliphatic hydroxyl groups excluding tert-OH is 1. The van der Waals surface area contributed by atoms with Crippen LogP contribution in [0.15, 0.2) is 59.0 Å². The molecule has 0 aliphatic carbocycles. The third-order valence-electron chi connectivity index (χ3n) is 3.66. The zero-order valence-electron chi connectivity index (χ0n) is 13.5. The molecule has 6 heteroatoms. The SMILES string of the molecule is COc1ccc(C(=O)Nc2ccc(-c3ccc(CO)o3)cc2)cc1Cl. The predicted molar refractivity (Wildman–Crippen MR) is 96.0 cm³/mol. The van der Waals surface area contributed by atoms with Crippen molar-refractivity contribution in [2.75, 3.05) is 12.4 Å². The number of carbonyl (C=O) groups is 1. The number of halogens is 1. The number of carbonyl (C=O) groups excluding carboxylic acids is 1. The molecule has 0 bridgehead atoms. The fourth-order valence-corrected chi connectivity index (χ4v) is 2.60. The molecule has 0 radical (unpaired) electrons. The van der Waals surface area contributed by atoms with Crippen molar-refractivity contribution in [1.82, 2.24) is 0 Å². The van der Waals surface area contributed by atoms with E-state index in [1.54, 1.807) is 42.5 Å². The molecule has 1 heterocycles. The first-order valence-electron chi connectivity index (χ1n) is 7.55. The monoisotopic (exact) mass is 357 g/mol. The molecule has 0 aliphatic heterocycles. The van der Waals surface area contributed by atoms with Gasteiger partial charge in [-0.15, -0.1) is 0 Å². The normalized spacial score (nSPS) is 10.5. The number of hydrogen-bond acceptors (Lipinski definition) is 4. The van der Waals surface area contributed by atoms with E-state index in [2.05, 4.69) is 5.32 Å². The topological polar surface area (TPSA) is 71.7 Å².